The van der Waals surface area contributed by atoms with E-state index in [2.05, 4.69) is 5.10 Å². The molecule has 2 aromatic rings. The van der Waals surface area contributed by atoms with Gasteiger partial charge in [0.05, 0.1) is 6.21 Å². The van der Waals surface area contributed by atoms with Gasteiger partial charge in [0, 0.05) is 6.07 Å². The Morgan fingerprint density at radius 3 is 2.59 bits per heavy atom. The molecule has 0 saturated heterocycles. The highest BCUT2D eigenvalue weighted by Crippen LogP contribution is 2.02. The molecule has 0 amide bonds. The quantitative estimate of drug-likeness (QED) is 0.792. The van der Waals surface area contributed by atoms with Gasteiger partial charge in [-0.15, -0.1) is 0 Å². The van der Waals surface area contributed by atoms with Crippen molar-refractivity contribution < 1.29 is 0 Å². The van der Waals surface area contributed by atoms with Crippen molar-refractivity contribution in [1.82, 2.24) is 4.68 Å². The molecule has 1 heterocycles. The number of nitrogens with two attached hydrogens (primary N) is 1. The third kappa shape index (κ3) is 2.60. The Labute approximate surface area is 99.0 Å². The van der Waals surface area contributed by atoms with Crippen LogP contribution < -0.4 is 11.3 Å². The Morgan fingerprint density at radius 1 is 1.24 bits per heavy atom. The molecule has 4 nitrogen and oxygen atoms in total. The highest BCUT2D eigenvalue weighted by molar-refractivity contribution is 5.79. The molecule has 0 aliphatic heterocycles. The van der Waals surface area contributed by atoms with Crippen LogP contribution in [0.1, 0.15) is 11.1 Å². The van der Waals surface area contributed by atoms with E-state index in [-0.39, 0.29) is 5.56 Å². The molecule has 1 aromatic carbocycles. The molecule has 0 spiro atoms. The molecule has 0 bridgehead atoms. The molecular formula is C13H13N3O. The van der Waals surface area contributed by atoms with Crippen LogP contribution >= 0.6 is 0 Å². The molecule has 0 fully saturated rings. The van der Waals surface area contributed by atoms with Gasteiger partial charge in [0.15, 0.2) is 0 Å². The minimum atomic E-state index is -0.227. The summed E-state index contributed by atoms with van der Waals surface area (Å²) in [5.41, 5.74) is 7.26. The molecule has 0 aliphatic carbocycles. The lowest BCUT2D eigenvalue weighted by atomic mass is 10.2. The van der Waals surface area contributed by atoms with E-state index in [1.54, 1.807) is 12.3 Å². The predicted molar refractivity (Wildman–Crippen MR) is 69.3 cm³/mol. The monoisotopic (exact) mass is 227 g/mol. The Hall–Kier alpha value is -2.36. The lowest BCUT2D eigenvalue weighted by Crippen LogP contribution is -2.19. The first-order valence-electron chi connectivity index (χ1n) is 5.25. The van der Waals surface area contributed by atoms with Gasteiger partial charge in [0.1, 0.15) is 5.82 Å². The summed E-state index contributed by atoms with van der Waals surface area (Å²) in [6.45, 7) is 1.82. The van der Waals surface area contributed by atoms with Crippen LogP contribution in [0.3, 0.4) is 0 Å². The van der Waals surface area contributed by atoms with Crippen LogP contribution in [0, 0.1) is 6.92 Å². The number of rotatable bonds is 2. The second-order valence-electron chi connectivity index (χ2n) is 3.76. The molecule has 17 heavy (non-hydrogen) atoms. The first-order valence-corrected chi connectivity index (χ1v) is 5.25. The zero-order chi connectivity index (χ0) is 12.3. The van der Waals surface area contributed by atoms with Gasteiger partial charge in [-0.25, -0.2) is 0 Å². The van der Waals surface area contributed by atoms with Crippen LogP contribution in [0.15, 0.2) is 52.4 Å². The van der Waals surface area contributed by atoms with E-state index in [1.165, 1.54) is 10.7 Å². The summed E-state index contributed by atoms with van der Waals surface area (Å²) in [5.74, 6) is 0.335. The van der Waals surface area contributed by atoms with Crippen LogP contribution in [0.4, 0.5) is 5.82 Å². The van der Waals surface area contributed by atoms with E-state index in [0.717, 1.165) is 11.1 Å². The molecule has 0 saturated carbocycles. The predicted octanol–water partition coefficient (Wildman–Crippen LogP) is 1.62. The number of hydrogen-bond donors (Lipinski definition) is 1. The van der Waals surface area contributed by atoms with Crippen LogP contribution in [-0.2, 0) is 0 Å². The van der Waals surface area contributed by atoms with Gasteiger partial charge in [-0.05, 0) is 24.1 Å². The maximum atomic E-state index is 11.7. The highest BCUT2D eigenvalue weighted by atomic mass is 16.1. The van der Waals surface area contributed by atoms with Gasteiger partial charge in [-0.3, -0.25) is 4.79 Å². The van der Waals surface area contributed by atoms with Gasteiger partial charge in [0.2, 0.25) is 0 Å². The van der Waals surface area contributed by atoms with Crippen LogP contribution in [0.2, 0.25) is 0 Å². The summed E-state index contributed by atoms with van der Waals surface area (Å²) in [6.07, 6.45) is 1.60. The third-order valence-electron chi connectivity index (χ3n) is 2.30. The second-order valence-corrected chi connectivity index (χ2v) is 3.76. The van der Waals surface area contributed by atoms with Crippen LogP contribution in [0.25, 0.3) is 0 Å². The Morgan fingerprint density at radius 2 is 1.94 bits per heavy atom. The summed E-state index contributed by atoms with van der Waals surface area (Å²) < 4.78 is 1.18. The average molecular weight is 227 g/mol. The van der Waals surface area contributed by atoms with Gasteiger partial charge in [0.25, 0.3) is 5.56 Å². The normalized spacial score (nSPS) is 10.9. The molecule has 2 rings (SSSR count). The smallest absolute Gasteiger partial charge is 0.273 e. The zero-order valence-corrected chi connectivity index (χ0v) is 9.50. The van der Waals surface area contributed by atoms with Crippen LogP contribution in [0.5, 0.6) is 0 Å². The van der Waals surface area contributed by atoms with Crippen molar-refractivity contribution in [3.8, 4) is 0 Å². The second kappa shape index (κ2) is 4.65. The molecule has 1 aromatic heterocycles. The molecule has 86 valence electrons. The zero-order valence-electron chi connectivity index (χ0n) is 9.50. The maximum Gasteiger partial charge on any atom is 0.273 e. The standard InChI is InChI=1S/C13H13N3O/c1-10-7-12(14)16(13(17)8-10)15-9-11-5-3-2-4-6-11/h2-9H,14H2,1H3/b15-9-. The number of hydrogen-bond acceptors (Lipinski definition) is 3. The van der Waals surface area contributed by atoms with Crippen LogP contribution in [-0.4, -0.2) is 10.9 Å². The van der Waals surface area contributed by atoms with Crippen molar-refractivity contribution in [2.75, 3.05) is 5.73 Å². The number of nitrogens with zero attached hydrogens (tertiary/aromatic N) is 2. The Balaban J connectivity index is 2.37. The van der Waals surface area contributed by atoms with Gasteiger partial charge >= 0.3 is 0 Å². The molecule has 2 N–H and O–H groups in total. The minimum absolute atomic E-state index is 0.227. The summed E-state index contributed by atoms with van der Waals surface area (Å²) in [7, 11) is 0. The number of benzene rings is 1. The van der Waals surface area contributed by atoms with Gasteiger partial charge in [-0.1, -0.05) is 30.3 Å². The molecule has 0 aliphatic rings. The van der Waals surface area contributed by atoms with Crippen molar-refractivity contribution in [2.45, 2.75) is 6.92 Å². The third-order valence-corrected chi connectivity index (χ3v) is 2.30. The van der Waals surface area contributed by atoms with E-state index in [0.29, 0.717) is 5.82 Å². The Bertz CT molecular complexity index is 600. The van der Waals surface area contributed by atoms with Crippen molar-refractivity contribution in [1.29, 1.82) is 0 Å². The van der Waals surface area contributed by atoms with E-state index in [4.69, 9.17) is 5.73 Å². The fourth-order valence-corrected chi connectivity index (χ4v) is 1.51. The van der Waals surface area contributed by atoms with E-state index >= 15 is 0 Å². The van der Waals surface area contributed by atoms with E-state index in [1.807, 2.05) is 37.3 Å². The lowest BCUT2D eigenvalue weighted by molar-refractivity contribution is 0.843. The topological polar surface area (TPSA) is 60.4 Å². The van der Waals surface area contributed by atoms with E-state index < -0.39 is 0 Å². The largest absolute Gasteiger partial charge is 0.384 e. The van der Waals surface area contributed by atoms with Crippen molar-refractivity contribution >= 4 is 12.0 Å². The van der Waals surface area contributed by atoms with Crippen molar-refractivity contribution in [3.05, 3.63) is 63.9 Å². The first-order chi connectivity index (χ1) is 8.16. The minimum Gasteiger partial charge on any atom is -0.384 e. The summed E-state index contributed by atoms with van der Waals surface area (Å²) in [4.78, 5) is 11.7. The maximum absolute atomic E-state index is 11.7. The summed E-state index contributed by atoms with van der Waals surface area (Å²) in [5, 5.41) is 4.07. The Kier molecular flexibility index (Phi) is 3.05. The van der Waals surface area contributed by atoms with Gasteiger partial charge in [-0.2, -0.15) is 9.78 Å². The number of nitrogen functional groups attached to an aromatic ring is 1. The van der Waals surface area contributed by atoms with Gasteiger partial charge < -0.3 is 5.73 Å². The summed E-state index contributed by atoms with van der Waals surface area (Å²) in [6, 6.07) is 12.7. The first kappa shape index (κ1) is 11.1. The van der Waals surface area contributed by atoms with E-state index in [9.17, 15) is 4.79 Å². The molecule has 0 radical (unpaired) electrons. The average Bonchev–Trinajstić information content (AvgIpc) is 2.29. The van der Waals surface area contributed by atoms with Crippen molar-refractivity contribution in [3.63, 3.8) is 0 Å². The molecule has 0 unspecified atom stereocenters. The lowest BCUT2D eigenvalue weighted by Gasteiger charge is -2.03. The molecule has 0 atom stereocenters. The molecular weight excluding hydrogens is 214 g/mol. The number of aryl methyl sites for hydroxylation is 1. The fourth-order valence-electron chi connectivity index (χ4n) is 1.51. The molecule has 4 heteroatoms. The SMILES string of the molecule is Cc1cc(N)n(/N=C\c2ccccc2)c(=O)c1. The number of pyridine rings is 1. The highest BCUT2D eigenvalue weighted by Gasteiger charge is 1.99. The summed E-state index contributed by atoms with van der Waals surface area (Å²) >= 11 is 0. The number of anilines is 1. The fraction of sp³-hybridized carbons (Fsp3) is 0.0769. The van der Waals surface area contributed by atoms with Crippen molar-refractivity contribution in [2.24, 2.45) is 5.10 Å². The number of aromatic nitrogens is 1.